The summed E-state index contributed by atoms with van der Waals surface area (Å²) in [5, 5.41) is 3.04. The molecule has 0 saturated carbocycles. The first-order chi connectivity index (χ1) is 8.88. The summed E-state index contributed by atoms with van der Waals surface area (Å²) in [6.07, 6.45) is -4.27. The molecule has 0 saturated heterocycles. The summed E-state index contributed by atoms with van der Waals surface area (Å²) in [6.45, 7) is 2.46. The zero-order chi connectivity index (χ0) is 14.5. The minimum absolute atomic E-state index is 0.0791. The molecule has 1 aromatic rings. The second-order valence-electron chi connectivity index (χ2n) is 4.01. The van der Waals surface area contributed by atoms with Crippen LogP contribution in [0.15, 0.2) is 24.3 Å². The second-order valence-corrected chi connectivity index (χ2v) is 4.01. The molecular weight excluding hydrogens is 259 g/mol. The number of ether oxygens (including phenoxy) is 1. The summed E-state index contributed by atoms with van der Waals surface area (Å²) >= 11 is 0. The van der Waals surface area contributed by atoms with Gasteiger partial charge in [0.15, 0.2) is 0 Å². The van der Waals surface area contributed by atoms with Crippen molar-refractivity contribution >= 4 is 5.97 Å². The van der Waals surface area contributed by atoms with Crippen LogP contribution >= 0.6 is 0 Å². The van der Waals surface area contributed by atoms with Crippen molar-refractivity contribution in [2.45, 2.75) is 25.6 Å². The van der Waals surface area contributed by atoms with Crippen LogP contribution in [0.4, 0.5) is 13.2 Å². The molecule has 1 rings (SSSR count). The van der Waals surface area contributed by atoms with Crippen LogP contribution in [-0.2, 0) is 15.7 Å². The molecule has 1 N–H and O–H groups in total. The minimum atomic E-state index is -4.35. The third kappa shape index (κ3) is 4.55. The van der Waals surface area contributed by atoms with Crippen molar-refractivity contribution in [1.82, 2.24) is 5.32 Å². The lowest BCUT2D eigenvalue weighted by molar-refractivity contribution is -0.141. The molecule has 0 spiro atoms. The summed E-state index contributed by atoms with van der Waals surface area (Å²) in [5.41, 5.74) is -0.0789. The van der Waals surface area contributed by atoms with Crippen molar-refractivity contribution in [1.29, 1.82) is 0 Å². The maximum atomic E-state index is 12.4. The van der Waals surface area contributed by atoms with Gasteiger partial charge in [-0.2, -0.15) is 13.2 Å². The third-order valence-electron chi connectivity index (χ3n) is 2.69. The Hall–Kier alpha value is -1.56. The molecule has 1 unspecified atom stereocenters. The number of rotatable bonds is 5. The van der Waals surface area contributed by atoms with E-state index in [1.165, 1.54) is 19.2 Å². The third-order valence-corrected chi connectivity index (χ3v) is 2.69. The van der Waals surface area contributed by atoms with Gasteiger partial charge in [-0.1, -0.05) is 19.1 Å². The van der Waals surface area contributed by atoms with Gasteiger partial charge in [0.1, 0.15) is 0 Å². The van der Waals surface area contributed by atoms with Crippen molar-refractivity contribution in [3.63, 3.8) is 0 Å². The first kappa shape index (κ1) is 15.5. The lowest BCUT2D eigenvalue weighted by Crippen LogP contribution is -2.24. The first-order valence-electron chi connectivity index (χ1n) is 5.85. The average molecular weight is 275 g/mol. The number of hydrogen-bond acceptors (Lipinski definition) is 3. The highest BCUT2D eigenvalue weighted by atomic mass is 19.4. The fraction of sp³-hybridized carbons (Fsp3) is 0.462. The summed E-state index contributed by atoms with van der Waals surface area (Å²) in [6, 6.07) is 4.42. The van der Waals surface area contributed by atoms with Crippen LogP contribution < -0.4 is 5.32 Å². The van der Waals surface area contributed by atoms with Crippen molar-refractivity contribution < 1.29 is 22.7 Å². The molecule has 6 heteroatoms. The molecule has 3 nitrogen and oxygen atoms in total. The van der Waals surface area contributed by atoms with E-state index in [-0.39, 0.29) is 12.5 Å². The van der Waals surface area contributed by atoms with E-state index < -0.39 is 17.7 Å². The fourth-order valence-electron chi connectivity index (χ4n) is 1.71. The molecule has 0 amide bonds. The number of esters is 1. The van der Waals surface area contributed by atoms with Gasteiger partial charge in [0, 0.05) is 6.04 Å². The van der Waals surface area contributed by atoms with E-state index in [1.54, 1.807) is 0 Å². The number of carbonyl (C=O) groups is 1. The lowest BCUT2D eigenvalue weighted by atomic mass is 10.0. The predicted molar refractivity (Wildman–Crippen MR) is 64.5 cm³/mol. The van der Waals surface area contributed by atoms with Crippen molar-refractivity contribution in [2.75, 3.05) is 13.7 Å². The Morgan fingerprint density at radius 2 is 1.89 bits per heavy atom. The zero-order valence-electron chi connectivity index (χ0n) is 10.8. The largest absolute Gasteiger partial charge is 0.469 e. The van der Waals surface area contributed by atoms with Crippen LogP contribution in [0.5, 0.6) is 0 Å². The van der Waals surface area contributed by atoms with Gasteiger partial charge in [-0.15, -0.1) is 0 Å². The van der Waals surface area contributed by atoms with E-state index in [0.717, 1.165) is 12.1 Å². The van der Waals surface area contributed by atoms with Crippen LogP contribution in [0.1, 0.15) is 30.5 Å². The monoisotopic (exact) mass is 275 g/mol. The van der Waals surface area contributed by atoms with Gasteiger partial charge < -0.3 is 10.1 Å². The van der Waals surface area contributed by atoms with E-state index in [2.05, 4.69) is 10.1 Å². The Morgan fingerprint density at radius 3 is 2.32 bits per heavy atom. The minimum Gasteiger partial charge on any atom is -0.469 e. The summed E-state index contributed by atoms with van der Waals surface area (Å²) in [7, 11) is 1.28. The van der Waals surface area contributed by atoms with Crippen molar-refractivity contribution in [3.8, 4) is 0 Å². The number of halogens is 3. The maximum absolute atomic E-state index is 12.4. The van der Waals surface area contributed by atoms with E-state index in [1.807, 2.05) is 6.92 Å². The van der Waals surface area contributed by atoms with E-state index in [9.17, 15) is 18.0 Å². The predicted octanol–water partition coefficient (Wildman–Crippen LogP) is 2.92. The van der Waals surface area contributed by atoms with Crippen molar-refractivity contribution in [3.05, 3.63) is 35.4 Å². The van der Waals surface area contributed by atoms with Crippen LogP contribution in [-0.4, -0.2) is 19.6 Å². The maximum Gasteiger partial charge on any atom is 0.416 e. The van der Waals surface area contributed by atoms with Crippen LogP contribution in [0.3, 0.4) is 0 Å². The average Bonchev–Trinajstić information content (AvgIpc) is 2.37. The van der Waals surface area contributed by atoms with E-state index in [0.29, 0.717) is 12.1 Å². The van der Waals surface area contributed by atoms with Crippen molar-refractivity contribution in [2.24, 2.45) is 0 Å². The SMILES string of the molecule is CCNC(CC(=O)OC)c1ccc(C(F)(F)F)cc1. The molecule has 0 aliphatic carbocycles. The van der Waals surface area contributed by atoms with Gasteiger partial charge in [-0.3, -0.25) is 4.79 Å². The van der Waals surface area contributed by atoms with Gasteiger partial charge >= 0.3 is 12.1 Å². The Kier molecular flexibility index (Phi) is 5.35. The molecule has 0 fully saturated rings. The Labute approximate surface area is 109 Å². The molecule has 19 heavy (non-hydrogen) atoms. The van der Waals surface area contributed by atoms with E-state index >= 15 is 0 Å². The van der Waals surface area contributed by atoms with Crippen LogP contribution in [0.2, 0.25) is 0 Å². The Morgan fingerprint density at radius 1 is 1.32 bits per heavy atom. The van der Waals surface area contributed by atoms with E-state index in [4.69, 9.17) is 0 Å². The quantitative estimate of drug-likeness (QED) is 0.840. The Balaban J connectivity index is 2.88. The van der Waals surface area contributed by atoms with Gasteiger partial charge in [0.05, 0.1) is 19.1 Å². The number of methoxy groups -OCH3 is 1. The summed E-state index contributed by atoms with van der Waals surface area (Å²) < 4.78 is 41.9. The molecule has 0 bridgehead atoms. The van der Waals surface area contributed by atoms with Gasteiger partial charge in [-0.25, -0.2) is 0 Å². The molecule has 0 aliphatic heterocycles. The molecule has 0 aliphatic rings. The smallest absolute Gasteiger partial charge is 0.416 e. The zero-order valence-corrected chi connectivity index (χ0v) is 10.8. The fourth-order valence-corrected chi connectivity index (χ4v) is 1.71. The number of hydrogen-bond donors (Lipinski definition) is 1. The second kappa shape index (κ2) is 6.56. The Bertz CT molecular complexity index is 415. The number of carbonyl (C=O) groups excluding carboxylic acids is 1. The highest BCUT2D eigenvalue weighted by Gasteiger charge is 2.30. The molecule has 1 aromatic carbocycles. The molecule has 0 radical (unpaired) electrons. The lowest BCUT2D eigenvalue weighted by Gasteiger charge is -2.17. The number of benzene rings is 1. The number of alkyl halides is 3. The molecule has 0 heterocycles. The molecular formula is C13H16F3NO2. The van der Waals surface area contributed by atoms with Gasteiger partial charge in [0.25, 0.3) is 0 Å². The summed E-state index contributed by atoms with van der Waals surface area (Å²) in [5.74, 6) is -0.411. The van der Waals surface area contributed by atoms with Crippen LogP contribution in [0.25, 0.3) is 0 Å². The normalized spacial score (nSPS) is 13.1. The van der Waals surface area contributed by atoms with Gasteiger partial charge in [0.2, 0.25) is 0 Å². The molecule has 0 aromatic heterocycles. The van der Waals surface area contributed by atoms with Crippen LogP contribution in [0, 0.1) is 0 Å². The molecule has 1 atom stereocenters. The molecule has 106 valence electrons. The number of nitrogens with one attached hydrogen (secondary N) is 1. The summed E-state index contributed by atoms with van der Waals surface area (Å²) in [4.78, 5) is 11.3. The topological polar surface area (TPSA) is 38.3 Å². The first-order valence-corrected chi connectivity index (χ1v) is 5.85. The highest BCUT2D eigenvalue weighted by molar-refractivity contribution is 5.70. The standard InChI is InChI=1S/C13H16F3NO2/c1-3-17-11(8-12(18)19-2)9-4-6-10(7-5-9)13(14,15)16/h4-7,11,17H,3,8H2,1-2H3. The van der Waals surface area contributed by atoms with Gasteiger partial charge in [-0.05, 0) is 24.2 Å². The highest BCUT2D eigenvalue weighted by Crippen LogP contribution is 2.30.